The summed E-state index contributed by atoms with van der Waals surface area (Å²) in [7, 11) is 0. The number of H-pyrrole nitrogens is 1. The Morgan fingerprint density at radius 2 is 1.81 bits per heavy atom. The van der Waals surface area contributed by atoms with Gasteiger partial charge in [0.15, 0.2) is 0 Å². The lowest BCUT2D eigenvalue weighted by Gasteiger charge is -2.31. The van der Waals surface area contributed by atoms with E-state index < -0.39 is 5.41 Å². The first-order chi connectivity index (χ1) is 12.7. The minimum atomic E-state index is -0.447. The maximum Gasteiger partial charge on any atom is 0.251 e. The number of pyridine rings is 1. The smallest absolute Gasteiger partial charge is 0.251 e. The Kier molecular flexibility index (Phi) is 4.32. The van der Waals surface area contributed by atoms with Crippen molar-refractivity contribution in [1.82, 2.24) is 4.98 Å². The van der Waals surface area contributed by atoms with E-state index in [9.17, 15) is 10.1 Å². The molecule has 4 heteroatoms. The molecule has 0 atom stereocenters. The molecule has 0 unspecified atom stereocenters. The third-order valence-corrected chi connectivity index (χ3v) is 5.29. The van der Waals surface area contributed by atoms with Crippen LogP contribution in [0, 0.1) is 11.3 Å². The lowest BCUT2D eigenvalue weighted by Crippen LogP contribution is -2.32. The highest BCUT2D eigenvalue weighted by Crippen LogP contribution is 2.34. The van der Waals surface area contributed by atoms with Crippen molar-refractivity contribution < 1.29 is 4.74 Å². The second kappa shape index (κ2) is 6.78. The van der Waals surface area contributed by atoms with Crippen LogP contribution in [0.1, 0.15) is 29.5 Å². The highest BCUT2D eigenvalue weighted by Gasteiger charge is 2.34. The molecule has 1 aliphatic rings. The van der Waals surface area contributed by atoms with Gasteiger partial charge in [-0.2, -0.15) is 5.26 Å². The predicted molar refractivity (Wildman–Crippen MR) is 101 cm³/mol. The number of hydrogen-bond acceptors (Lipinski definition) is 3. The molecule has 1 saturated heterocycles. The van der Waals surface area contributed by atoms with Crippen LogP contribution in [0.4, 0.5) is 0 Å². The van der Waals surface area contributed by atoms with Crippen LogP contribution >= 0.6 is 0 Å². The molecule has 2 aromatic carbocycles. The second-order valence-electron chi connectivity index (χ2n) is 6.89. The van der Waals surface area contributed by atoms with Crippen LogP contribution in [0.3, 0.4) is 0 Å². The largest absolute Gasteiger partial charge is 0.381 e. The summed E-state index contributed by atoms with van der Waals surface area (Å²) >= 11 is 0. The van der Waals surface area contributed by atoms with E-state index in [1.54, 1.807) is 0 Å². The van der Waals surface area contributed by atoms with Crippen LogP contribution in [-0.2, 0) is 16.6 Å². The van der Waals surface area contributed by atoms with Gasteiger partial charge in [0.05, 0.1) is 11.5 Å². The van der Waals surface area contributed by atoms with E-state index >= 15 is 0 Å². The molecule has 1 aliphatic heterocycles. The summed E-state index contributed by atoms with van der Waals surface area (Å²) in [6, 6.07) is 20.3. The fourth-order valence-electron chi connectivity index (χ4n) is 3.67. The Bertz CT molecular complexity index is 1020. The normalized spacial score (nSPS) is 16.3. The number of ether oxygens (including phenoxy) is 1. The lowest BCUT2D eigenvalue weighted by molar-refractivity contribution is 0.0675. The Morgan fingerprint density at radius 3 is 2.54 bits per heavy atom. The zero-order valence-corrected chi connectivity index (χ0v) is 14.5. The number of para-hydroxylation sites is 1. The monoisotopic (exact) mass is 344 g/mol. The number of benzene rings is 2. The number of rotatable bonds is 3. The average molecular weight is 344 g/mol. The topological polar surface area (TPSA) is 65.9 Å². The third-order valence-electron chi connectivity index (χ3n) is 5.29. The number of hydrogen-bond donors (Lipinski definition) is 1. The van der Waals surface area contributed by atoms with Crippen molar-refractivity contribution in [2.75, 3.05) is 13.2 Å². The molecule has 0 bridgehead atoms. The summed E-state index contributed by atoms with van der Waals surface area (Å²) in [4.78, 5) is 15.3. The SMILES string of the molecule is N#CC1(c2ccc(Cc3cc4ccccc4[nH]c3=O)cc2)CCOCC1. The van der Waals surface area contributed by atoms with Gasteiger partial charge in [-0.1, -0.05) is 42.5 Å². The van der Waals surface area contributed by atoms with Crippen molar-refractivity contribution in [2.45, 2.75) is 24.7 Å². The Morgan fingerprint density at radius 1 is 1.08 bits per heavy atom. The number of aromatic amines is 1. The molecular weight excluding hydrogens is 324 g/mol. The molecular formula is C22H20N2O2. The summed E-state index contributed by atoms with van der Waals surface area (Å²) < 4.78 is 5.41. The number of aromatic nitrogens is 1. The van der Waals surface area contributed by atoms with Gasteiger partial charge in [0.25, 0.3) is 5.56 Å². The maximum atomic E-state index is 12.3. The molecule has 130 valence electrons. The highest BCUT2D eigenvalue weighted by molar-refractivity contribution is 5.78. The molecule has 1 N–H and O–H groups in total. The second-order valence-corrected chi connectivity index (χ2v) is 6.89. The van der Waals surface area contributed by atoms with E-state index in [0.717, 1.165) is 40.4 Å². The van der Waals surface area contributed by atoms with Gasteiger partial charge in [0.2, 0.25) is 0 Å². The van der Waals surface area contributed by atoms with Crippen LogP contribution in [-0.4, -0.2) is 18.2 Å². The summed E-state index contributed by atoms with van der Waals surface area (Å²) in [5, 5.41) is 10.7. The van der Waals surface area contributed by atoms with Crippen LogP contribution in [0.2, 0.25) is 0 Å². The summed E-state index contributed by atoms with van der Waals surface area (Å²) in [6.07, 6.45) is 2.03. The van der Waals surface area contributed by atoms with Crippen LogP contribution in [0.5, 0.6) is 0 Å². The number of nitrogens with one attached hydrogen (secondary N) is 1. The first kappa shape index (κ1) is 16.6. The fraction of sp³-hybridized carbons (Fsp3) is 0.273. The molecule has 1 fully saturated rings. The van der Waals surface area contributed by atoms with Crippen molar-refractivity contribution in [1.29, 1.82) is 5.26 Å². The van der Waals surface area contributed by atoms with Crippen molar-refractivity contribution in [3.63, 3.8) is 0 Å². The standard InChI is InChI=1S/C22H20N2O2/c23-15-22(9-11-26-12-10-22)19-7-5-16(6-8-19)13-18-14-17-3-1-2-4-20(17)24-21(18)25/h1-8,14H,9-13H2,(H,24,25). The zero-order valence-electron chi connectivity index (χ0n) is 14.5. The van der Waals surface area contributed by atoms with Crippen LogP contribution in [0.25, 0.3) is 10.9 Å². The minimum absolute atomic E-state index is 0.0503. The molecule has 0 aliphatic carbocycles. The summed E-state index contributed by atoms with van der Waals surface area (Å²) in [5.41, 5.74) is 3.21. The van der Waals surface area contributed by atoms with E-state index in [0.29, 0.717) is 19.6 Å². The molecule has 4 rings (SSSR count). The van der Waals surface area contributed by atoms with Gasteiger partial charge in [-0.3, -0.25) is 4.79 Å². The highest BCUT2D eigenvalue weighted by atomic mass is 16.5. The quantitative estimate of drug-likeness (QED) is 0.788. The maximum absolute atomic E-state index is 12.3. The van der Waals surface area contributed by atoms with Gasteiger partial charge >= 0.3 is 0 Å². The van der Waals surface area contributed by atoms with Crippen LogP contribution in [0.15, 0.2) is 59.4 Å². The Hall–Kier alpha value is -2.90. The summed E-state index contributed by atoms with van der Waals surface area (Å²) in [6.45, 7) is 1.25. The van der Waals surface area contributed by atoms with Crippen molar-refractivity contribution in [3.8, 4) is 6.07 Å². The van der Waals surface area contributed by atoms with Gasteiger partial charge in [-0.15, -0.1) is 0 Å². The molecule has 0 spiro atoms. The van der Waals surface area contributed by atoms with Gasteiger partial charge < -0.3 is 9.72 Å². The number of nitriles is 1. The van der Waals surface area contributed by atoms with E-state index in [1.165, 1.54) is 0 Å². The molecule has 3 aromatic rings. The molecule has 26 heavy (non-hydrogen) atoms. The minimum Gasteiger partial charge on any atom is -0.381 e. The molecule has 0 amide bonds. The van der Waals surface area contributed by atoms with E-state index in [2.05, 4.69) is 11.1 Å². The third kappa shape index (κ3) is 3.02. The van der Waals surface area contributed by atoms with Gasteiger partial charge in [0.1, 0.15) is 0 Å². The molecule has 2 heterocycles. The van der Waals surface area contributed by atoms with Crippen molar-refractivity contribution in [3.05, 3.63) is 81.6 Å². The summed E-state index contributed by atoms with van der Waals surface area (Å²) in [5.74, 6) is 0. The first-order valence-corrected chi connectivity index (χ1v) is 8.90. The average Bonchev–Trinajstić information content (AvgIpc) is 2.69. The number of nitrogens with zero attached hydrogens (tertiary/aromatic N) is 1. The molecule has 0 radical (unpaired) electrons. The van der Waals surface area contributed by atoms with Gasteiger partial charge in [0, 0.05) is 30.7 Å². The van der Waals surface area contributed by atoms with Gasteiger partial charge in [-0.05, 0) is 41.5 Å². The van der Waals surface area contributed by atoms with Crippen molar-refractivity contribution in [2.24, 2.45) is 0 Å². The fourth-order valence-corrected chi connectivity index (χ4v) is 3.67. The number of fused-ring (bicyclic) bond motifs is 1. The first-order valence-electron chi connectivity index (χ1n) is 8.90. The zero-order chi connectivity index (χ0) is 18.0. The molecule has 1 aromatic heterocycles. The Balaban J connectivity index is 1.61. The lowest BCUT2D eigenvalue weighted by atomic mass is 9.75. The van der Waals surface area contributed by atoms with E-state index in [1.807, 2.05) is 54.6 Å². The molecule has 0 saturated carbocycles. The van der Waals surface area contributed by atoms with Crippen LogP contribution < -0.4 is 5.56 Å². The molecule has 4 nitrogen and oxygen atoms in total. The Labute approximate surface area is 152 Å². The van der Waals surface area contributed by atoms with Gasteiger partial charge in [-0.25, -0.2) is 0 Å². The van der Waals surface area contributed by atoms with E-state index in [-0.39, 0.29) is 5.56 Å². The predicted octanol–water partition coefficient (Wildman–Crippen LogP) is 3.69. The van der Waals surface area contributed by atoms with E-state index in [4.69, 9.17) is 4.74 Å². The van der Waals surface area contributed by atoms with Crippen molar-refractivity contribution >= 4 is 10.9 Å².